The van der Waals surface area contributed by atoms with Crippen LogP contribution in [0.15, 0.2) is 36.4 Å². The molecular weight excluding hydrogens is 265 g/mol. The Labute approximate surface area is 116 Å². The third-order valence-corrected chi connectivity index (χ3v) is 3.03. The Morgan fingerprint density at radius 1 is 1.26 bits per heavy atom. The lowest BCUT2D eigenvalue weighted by Gasteiger charge is -2.10. The highest BCUT2D eigenvalue weighted by Gasteiger charge is 2.09. The lowest BCUT2D eigenvalue weighted by molar-refractivity contribution is 0.411. The van der Waals surface area contributed by atoms with Crippen LogP contribution in [-0.4, -0.2) is 7.11 Å². The maximum Gasteiger partial charge on any atom is 0.131 e. The Kier molecular flexibility index (Phi) is 4.03. The number of benzene rings is 2. The Bertz CT molecular complexity index is 649. The van der Waals surface area contributed by atoms with Crippen LogP contribution in [0.3, 0.4) is 0 Å². The van der Waals surface area contributed by atoms with Crippen molar-refractivity contribution in [1.29, 1.82) is 5.26 Å². The first-order valence-electron chi connectivity index (χ1n) is 5.65. The van der Waals surface area contributed by atoms with Crippen LogP contribution in [0.25, 0.3) is 11.1 Å². The zero-order chi connectivity index (χ0) is 13.8. The summed E-state index contributed by atoms with van der Waals surface area (Å²) in [5.74, 6) is 0.220. The zero-order valence-corrected chi connectivity index (χ0v) is 11.0. The molecule has 2 nitrogen and oxygen atoms in total. The van der Waals surface area contributed by atoms with E-state index in [1.54, 1.807) is 24.3 Å². The van der Waals surface area contributed by atoms with Gasteiger partial charge in [-0.3, -0.25) is 0 Å². The van der Waals surface area contributed by atoms with Gasteiger partial charge in [0.1, 0.15) is 11.6 Å². The van der Waals surface area contributed by atoms with Gasteiger partial charge in [0, 0.05) is 16.1 Å². The summed E-state index contributed by atoms with van der Waals surface area (Å²) < 4.78 is 19.0. The lowest BCUT2D eigenvalue weighted by Crippen LogP contribution is -1.93. The maximum absolute atomic E-state index is 13.8. The van der Waals surface area contributed by atoms with Crippen molar-refractivity contribution in [2.24, 2.45) is 0 Å². The van der Waals surface area contributed by atoms with Crippen LogP contribution < -0.4 is 4.74 Å². The average molecular weight is 276 g/mol. The molecular formula is C15H11ClFNO. The van der Waals surface area contributed by atoms with E-state index in [2.05, 4.69) is 6.07 Å². The largest absolute Gasteiger partial charge is 0.496 e. The standard InChI is InChI=1S/C15H11ClFNO/c1-19-15-8-11(3-2-10(15)6-7-18)13-9-12(16)4-5-14(13)17/h2-5,8-9H,6H2,1H3. The molecule has 0 bridgehead atoms. The molecule has 2 aromatic carbocycles. The predicted molar refractivity (Wildman–Crippen MR) is 72.7 cm³/mol. The molecule has 0 spiro atoms. The van der Waals surface area contributed by atoms with Gasteiger partial charge in [0.25, 0.3) is 0 Å². The van der Waals surface area contributed by atoms with Gasteiger partial charge in [0.2, 0.25) is 0 Å². The van der Waals surface area contributed by atoms with E-state index in [-0.39, 0.29) is 12.2 Å². The van der Waals surface area contributed by atoms with Gasteiger partial charge in [-0.25, -0.2) is 4.39 Å². The Balaban J connectivity index is 2.52. The van der Waals surface area contributed by atoms with Crippen LogP contribution in [0, 0.1) is 17.1 Å². The van der Waals surface area contributed by atoms with Gasteiger partial charge >= 0.3 is 0 Å². The van der Waals surface area contributed by atoms with E-state index >= 15 is 0 Å². The number of nitriles is 1. The van der Waals surface area contributed by atoms with Gasteiger partial charge < -0.3 is 4.74 Å². The predicted octanol–water partition coefficient (Wildman–Crippen LogP) is 4.22. The Hall–Kier alpha value is -2.05. The molecule has 0 aromatic heterocycles. The molecule has 0 N–H and O–H groups in total. The van der Waals surface area contributed by atoms with Crippen LogP contribution >= 0.6 is 11.6 Å². The number of methoxy groups -OCH3 is 1. The average Bonchev–Trinajstić information content (AvgIpc) is 2.42. The molecule has 0 atom stereocenters. The number of hydrogen-bond donors (Lipinski definition) is 0. The molecule has 0 amide bonds. The van der Waals surface area contributed by atoms with E-state index in [9.17, 15) is 4.39 Å². The topological polar surface area (TPSA) is 33.0 Å². The summed E-state index contributed by atoms with van der Waals surface area (Å²) in [5.41, 5.74) is 1.85. The first-order valence-corrected chi connectivity index (χ1v) is 6.03. The SMILES string of the molecule is COc1cc(-c2cc(Cl)ccc2F)ccc1CC#N. The van der Waals surface area contributed by atoms with Crippen LogP contribution in [0.5, 0.6) is 5.75 Å². The summed E-state index contributed by atoms with van der Waals surface area (Å²) in [6.07, 6.45) is 0.251. The van der Waals surface area contributed by atoms with Gasteiger partial charge in [-0.1, -0.05) is 23.7 Å². The molecule has 0 saturated heterocycles. The number of halogens is 2. The molecule has 4 heteroatoms. The van der Waals surface area contributed by atoms with Crippen molar-refractivity contribution in [2.45, 2.75) is 6.42 Å². The minimum Gasteiger partial charge on any atom is -0.496 e. The smallest absolute Gasteiger partial charge is 0.131 e. The normalized spacial score (nSPS) is 10.0. The molecule has 2 aromatic rings. The molecule has 0 radical (unpaired) electrons. The Morgan fingerprint density at radius 2 is 2.05 bits per heavy atom. The summed E-state index contributed by atoms with van der Waals surface area (Å²) in [4.78, 5) is 0. The summed E-state index contributed by atoms with van der Waals surface area (Å²) in [6.45, 7) is 0. The fourth-order valence-electron chi connectivity index (χ4n) is 1.86. The summed E-state index contributed by atoms with van der Waals surface area (Å²) in [7, 11) is 1.52. The van der Waals surface area contributed by atoms with Gasteiger partial charge in [0.15, 0.2) is 0 Å². The fourth-order valence-corrected chi connectivity index (χ4v) is 2.03. The molecule has 96 valence electrons. The number of ether oxygens (including phenoxy) is 1. The van der Waals surface area contributed by atoms with E-state index in [4.69, 9.17) is 21.6 Å². The molecule has 0 saturated carbocycles. The highest BCUT2D eigenvalue weighted by Crippen LogP contribution is 2.30. The first kappa shape index (κ1) is 13.4. The van der Waals surface area contributed by atoms with Gasteiger partial charge in [-0.05, 0) is 29.8 Å². The second-order valence-electron chi connectivity index (χ2n) is 3.99. The van der Waals surface area contributed by atoms with Crippen molar-refractivity contribution >= 4 is 11.6 Å². The monoisotopic (exact) mass is 275 g/mol. The molecule has 0 aliphatic carbocycles. The minimum atomic E-state index is -0.348. The molecule has 0 heterocycles. The molecule has 0 unspecified atom stereocenters. The van der Waals surface area contributed by atoms with Crippen molar-refractivity contribution in [3.63, 3.8) is 0 Å². The van der Waals surface area contributed by atoms with Crippen molar-refractivity contribution < 1.29 is 9.13 Å². The minimum absolute atomic E-state index is 0.251. The highest BCUT2D eigenvalue weighted by molar-refractivity contribution is 6.30. The second-order valence-corrected chi connectivity index (χ2v) is 4.42. The molecule has 19 heavy (non-hydrogen) atoms. The van der Waals surface area contributed by atoms with E-state index in [0.717, 1.165) is 5.56 Å². The van der Waals surface area contributed by atoms with E-state index in [0.29, 0.717) is 21.9 Å². The van der Waals surface area contributed by atoms with Gasteiger partial charge in [-0.2, -0.15) is 5.26 Å². The molecule has 0 fully saturated rings. The van der Waals surface area contributed by atoms with Crippen LogP contribution in [-0.2, 0) is 6.42 Å². The maximum atomic E-state index is 13.8. The van der Waals surface area contributed by atoms with E-state index in [1.165, 1.54) is 19.2 Å². The highest BCUT2D eigenvalue weighted by atomic mass is 35.5. The first-order chi connectivity index (χ1) is 9.15. The molecule has 2 rings (SSSR count). The number of nitrogens with zero attached hydrogens (tertiary/aromatic N) is 1. The van der Waals surface area contributed by atoms with E-state index in [1.807, 2.05) is 0 Å². The molecule has 0 aliphatic rings. The van der Waals surface area contributed by atoms with Crippen molar-refractivity contribution in [3.05, 3.63) is 52.8 Å². The quantitative estimate of drug-likeness (QED) is 0.840. The summed E-state index contributed by atoms with van der Waals surface area (Å²) in [5, 5.41) is 9.19. The van der Waals surface area contributed by atoms with Crippen LogP contribution in [0.4, 0.5) is 4.39 Å². The second kappa shape index (κ2) is 5.73. The van der Waals surface area contributed by atoms with Crippen LogP contribution in [0.2, 0.25) is 5.02 Å². The fraction of sp³-hybridized carbons (Fsp3) is 0.133. The summed E-state index contributed by atoms with van der Waals surface area (Å²) >= 11 is 5.88. The third-order valence-electron chi connectivity index (χ3n) is 2.80. The number of hydrogen-bond acceptors (Lipinski definition) is 2. The van der Waals surface area contributed by atoms with Crippen molar-refractivity contribution in [2.75, 3.05) is 7.11 Å². The summed E-state index contributed by atoms with van der Waals surface area (Å²) in [6, 6.07) is 11.7. The van der Waals surface area contributed by atoms with Gasteiger partial charge in [-0.15, -0.1) is 0 Å². The van der Waals surface area contributed by atoms with Crippen LogP contribution in [0.1, 0.15) is 5.56 Å². The zero-order valence-electron chi connectivity index (χ0n) is 10.3. The van der Waals surface area contributed by atoms with Crippen molar-refractivity contribution in [3.8, 4) is 22.9 Å². The lowest BCUT2D eigenvalue weighted by atomic mass is 10.0. The third kappa shape index (κ3) is 2.86. The molecule has 0 aliphatic heterocycles. The Morgan fingerprint density at radius 3 is 2.74 bits per heavy atom. The van der Waals surface area contributed by atoms with Gasteiger partial charge in [0.05, 0.1) is 19.6 Å². The van der Waals surface area contributed by atoms with Crippen molar-refractivity contribution in [1.82, 2.24) is 0 Å². The van der Waals surface area contributed by atoms with E-state index < -0.39 is 0 Å². The number of rotatable bonds is 3.